The molecule has 1 aliphatic heterocycles. The lowest BCUT2D eigenvalue weighted by molar-refractivity contribution is -0.125. The van der Waals surface area contributed by atoms with Crippen molar-refractivity contribution in [3.05, 3.63) is 47.7 Å². The average molecular weight is 340 g/mol. The van der Waals surface area contributed by atoms with E-state index in [0.717, 1.165) is 48.8 Å². The van der Waals surface area contributed by atoms with E-state index in [4.69, 9.17) is 4.74 Å². The number of piperidine rings is 1. The van der Waals surface area contributed by atoms with Crippen molar-refractivity contribution in [1.29, 1.82) is 0 Å². The Kier molecular flexibility index (Phi) is 5.48. The van der Waals surface area contributed by atoms with Crippen molar-refractivity contribution in [3.63, 3.8) is 0 Å². The van der Waals surface area contributed by atoms with Gasteiger partial charge in [0.2, 0.25) is 5.91 Å². The molecule has 1 N–H and O–H groups in total. The molecule has 2 heterocycles. The molecule has 1 saturated heterocycles. The number of benzene rings is 1. The van der Waals surface area contributed by atoms with Crippen LogP contribution < -0.4 is 15.0 Å². The van der Waals surface area contributed by atoms with E-state index in [1.165, 1.54) is 0 Å². The molecule has 6 heteroatoms. The minimum atomic E-state index is 0.0457. The fourth-order valence-corrected chi connectivity index (χ4v) is 3.11. The Morgan fingerprint density at radius 2 is 1.96 bits per heavy atom. The number of methoxy groups -OCH3 is 1. The number of ether oxygens (including phenoxy) is 1. The highest BCUT2D eigenvalue weighted by Gasteiger charge is 2.25. The first-order valence-corrected chi connectivity index (χ1v) is 8.62. The van der Waals surface area contributed by atoms with Crippen LogP contribution in [0.4, 0.5) is 5.82 Å². The molecule has 6 nitrogen and oxygen atoms in total. The Morgan fingerprint density at radius 3 is 2.64 bits per heavy atom. The van der Waals surface area contributed by atoms with E-state index in [2.05, 4.69) is 20.4 Å². The lowest BCUT2D eigenvalue weighted by atomic mass is 9.96. The van der Waals surface area contributed by atoms with E-state index in [-0.39, 0.29) is 11.8 Å². The Hall–Kier alpha value is -2.63. The summed E-state index contributed by atoms with van der Waals surface area (Å²) in [6.07, 6.45) is 1.65. The van der Waals surface area contributed by atoms with Crippen molar-refractivity contribution in [3.8, 4) is 5.75 Å². The first-order chi connectivity index (χ1) is 12.2. The van der Waals surface area contributed by atoms with Crippen molar-refractivity contribution >= 4 is 11.7 Å². The first-order valence-electron chi connectivity index (χ1n) is 8.62. The maximum absolute atomic E-state index is 12.5. The summed E-state index contributed by atoms with van der Waals surface area (Å²) < 4.78 is 5.32. The smallest absolute Gasteiger partial charge is 0.223 e. The van der Waals surface area contributed by atoms with Crippen LogP contribution in [0.25, 0.3) is 0 Å². The number of aryl methyl sites for hydroxylation is 1. The largest absolute Gasteiger partial charge is 0.496 e. The predicted molar refractivity (Wildman–Crippen MR) is 96.5 cm³/mol. The van der Waals surface area contributed by atoms with Gasteiger partial charge in [0.1, 0.15) is 5.75 Å². The molecule has 0 bridgehead atoms. The Bertz CT molecular complexity index is 710. The number of para-hydroxylation sites is 1. The molecule has 0 radical (unpaired) electrons. The number of hydrogen-bond donors (Lipinski definition) is 1. The van der Waals surface area contributed by atoms with Gasteiger partial charge in [0.15, 0.2) is 5.82 Å². The minimum Gasteiger partial charge on any atom is -0.496 e. The second kappa shape index (κ2) is 7.96. The van der Waals surface area contributed by atoms with Crippen molar-refractivity contribution < 1.29 is 9.53 Å². The van der Waals surface area contributed by atoms with E-state index in [9.17, 15) is 4.79 Å². The number of rotatable bonds is 5. The topological polar surface area (TPSA) is 67.3 Å². The molecular weight excluding hydrogens is 316 g/mol. The number of amides is 1. The SMILES string of the molecule is COc1ccccc1CNC(=O)C1CCN(c2ccc(C)nn2)CC1. The molecule has 1 aromatic heterocycles. The highest BCUT2D eigenvalue weighted by molar-refractivity contribution is 5.79. The normalized spacial score (nSPS) is 15.0. The van der Waals surface area contributed by atoms with Gasteiger partial charge in [0, 0.05) is 31.1 Å². The van der Waals surface area contributed by atoms with Crippen LogP contribution in [0.5, 0.6) is 5.75 Å². The van der Waals surface area contributed by atoms with Gasteiger partial charge >= 0.3 is 0 Å². The molecule has 3 rings (SSSR count). The summed E-state index contributed by atoms with van der Waals surface area (Å²) in [5, 5.41) is 11.4. The van der Waals surface area contributed by atoms with Gasteiger partial charge in [0.25, 0.3) is 0 Å². The molecule has 25 heavy (non-hydrogen) atoms. The van der Waals surface area contributed by atoms with Gasteiger partial charge in [-0.2, -0.15) is 5.10 Å². The summed E-state index contributed by atoms with van der Waals surface area (Å²) in [7, 11) is 1.64. The summed E-state index contributed by atoms with van der Waals surface area (Å²) in [6, 6.07) is 11.7. The Labute approximate surface area is 148 Å². The molecule has 1 amide bonds. The van der Waals surface area contributed by atoms with Crippen LogP contribution in [0.15, 0.2) is 36.4 Å². The van der Waals surface area contributed by atoms with E-state index in [1.54, 1.807) is 7.11 Å². The third-order valence-corrected chi connectivity index (χ3v) is 4.62. The number of nitrogens with one attached hydrogen (secondary N) is 1. The monoisotopic (exact) mass is 340 g/mol. The lowest BCUT2D eigenvalue weighted by Crippen LogP contribution is -2.40. The van der Waals surface area contributed by atoms with Crippen LogP contribution in [-0.2, 0) is 11.3 Å². The second-order valence-corrected chi connectivity index (χ2v) is 6.32. The molecule has 1 aliphatic rings. The molecule has 132 valence electrons. The van der Waals surface area contributed by atoms with E-state index in [0.29, 0.717) is 6.54 Å². The van der Waals surface area contributed by atoms with Gasteiger partial charge in [0.05, 0.1) is 12.8 Å². The molecule has 0 spiro atoms. The highest BCUT2D eigenvalue weighted by atomic mass is 16.5. The van der Waals surface area contributed by atoms with Gasteiger partial charge in [-0.25, -0.2) is 0 Å². The van der Waals surface area contributed by atoms with Crippen LogP contribution in [0.1, 0.15) is 24.1 Å². The molecule has 0 saturated carbocycles. The molecular formula is C19H24N4O2. The molecule has 2 aromatic rings. The first kappa shape index (κ1) is 17.2. The summed E-state index contributed by atoms with van der Waals surface area (Å²) in [6.45, 7) is 4.07. The molecule has 0 aliphatic carbocycles. The van der Waals surface area contributed by atoms with Gasteiger partial charge in [-0.15, -0.1) is 5.10 Å². The maximum atomic E-state index is 12.5. The molecule has 0 atom stereocenters. The van der Waals surface area contributed by atoms with E-state index in [1.807, 2.05) is 43.3 Å². The Balaban J connectivity index is 1.50. The number of carbonyl (C=O) groups excluding carboxylic acids is 1. The van der Waals surface area contributed by atoms with Gasteiger partial charge < -0.3 is 15.0 Å². The third kappa shape index (κ3) is 4.26. The second-order valence-electron chi connectivity index (χ2n) is 6.32. The summed E-state index contributed by atoms with van der Waals surface area (Å²) >= 11 is 0. The predicted octanol–water partition coefficient (Wildman–Crippen LogP) is 2.33. The number of nitrogens with zero attached hydrogens (tertiary/aromatic N) is 3. The van der Waals surface area contributed by atoms with Crippen LogP contribution in [0.3, 0.4) is 0 Å². The van der Waals surface area contributed by atoms with Crippen LogP contribution >= 0.6 is 0 Å². The summed E-state index contributed by atoms with van der Waals surface area (Å²) in [5.74, 6) is 1.85. The summed E-state index contributed by atoms with van der Waals surface area (Å²) in [5.41, 5.74) is 1.90. The van der Waals surface area contributed by atoms with E-state index < -0.39 is 0 Å². The standard InChI is InChI=1S/C19H24N4O2/c1-14-7-8-18(22-21-14)23-11-9-15(10-12-23)19(24)20-13-16-5-3-4-6-17(16)25-2/h3-8,15H,9-13H2,1-2H3,(H,20,24). The molecule has 0 unspecified atom stereocenters. The zero-order valence-corrected chi connectivity index (χ0v) is 14.7. The summed E-state index contributed by atoms with van der Waals surface area (Å²) in [4.78, 5) is 14.7. The highest BCUT2D eigenvalue weighted by Crippen LogP contribution is 2.22. The van der Waals surface area contributed by atoms with Crippen molar-refractivity contribution in [1.82, 2.24) is 15.5 Å². The van der Waals surface area contributed by atoms with Gasteiger partial charge in [-0.3, -0.25) is 4.79 Å². The molecule has 1 fully saturated rings. The van der Waals surface area contributed by atoms with Gasteiger partial charge in [-0.05, 0) is 38.0 Å². The third-order valence-electron chi connectivity index (χ3n) is 4.62. The number of carbonyl (C=O) groups is 1. The lowest BCUT2D eigenvalue weighted by Gasteiger charge is -2.31. The van der Waals surface area contributed by atoms with Crippen molar-refractivity contribution in [2.45, 2.75) is 26.3 Å². The van der Waals surface area contributed by atoms with Crippen LogP contribution in [-0.4, -0.2) is 36.3 Å². The quantitative estimate of drug-likeness (QED) is 0.905. The number of anilines is 1. The fraction of sp³-hybridized carbons (Fsp3) is 0.421. The number of aromatic nitrogens is 2. The number of hydrogen-bond acceptors (Lipinski definition) is 5. The zero-order chi connectivity index (χ0) is 17.6. The van der Waals surface area contributed by atoms with Gasteiger partial charge in [-0.1, -0.05) is 18.2 Å². The Morgan fingerprint density at radius 1 is 1.20 bits per heavy atom. The fourth-order valence-electron chi connectivity index (χ4n) is 3.11. The van der Waals surface area contributed by atoms with Crippen molar-refractivity contribution in [2.24, 2.45) is 5.92 Å². The van der Waals surface area contributed by atoms with E-state index >= 15 is 0 Å². The van der Waals surface area contributed by atoms with Crippen LogP contribution in [0, 0.1) is 12.8 Å². The maximum Gasteiger partial charge on any atom is 0.223 e. The van der Waals surface area contributed by atoms with Crippen LogP contribution in [0.2, 0.25) is 0 Å². The zero-order valence-electron chi connectivity index (χ0n) is 14.7. The minimum absolute atomic E-state index is 0.0457. The van der Waals surface area contributed by atoms with Crippen molar-refractivity contribution in [2.75, 3.05) is 25.1 Å². The average Bonchev–Trinajstić information content (AvgIpc) is 2.67. The molecule has 1 aromatic carbocycles.